The Hall–Kier alpha value is -2.25. The van der Waals surface area contributed by atoms with Gasteiger partial charge in [0.2, 0.25) is 5.91 Å². The number of nitro groups is 1. The maximum Gasteiger partial charge on any atom is 0.270 e. The third-order valence-corrected chi connectivity index (χ3v) is 7.20. The van der Waals surface area contributed by atoms with Crippen LogP contribution in [0.15, 0.2) is 47.5 Å². The number of halogens is 2. The van der Waals surface area contributed by atoms with E-state index < -0.39 is 4.92 Å². The van der Waals surface area contributed by atoms with Gasteiger partial charge in [0.05, 0.1) is 16.3 Å². The number of nitrogens with zero attached hydrogens (tertiary/aromatic N) is 3. The van der Waals surface area contributed by atoms with E-state index in [2.05, 4.69) is 20.9 Å². The molecule has 0 fully saturated rings. The summed E-state index contributed by atoms with van der Waals surface area (Å²) in [6.45, 7) is 0.555. The Morgan fingerprint density at radius 2 is 1.54 bits per heavy atom. The molecular weight excluding hydrogens is 530 g/mol. The average molecular weight is 563 g/mol. The van der Waals surface area contributed by atoms with E-state index in [1.807, 2.05) is 18.2 Å². The lowest BCUT2D eigenvalue weighted by molar-refractivity contribution is -0.384. The van der Waals surface area contributed by atoms with Crippen molar-refractivity contribution in [2.75, 3.05) is 23.3 Å². The predicted molar refractivity (Wildman–Crippen MR) is 147 cm³/mol. The smallest absolute Gasteiger partial charge is 0.270 e. The van der Waals surface area contributed by atoms with Gasteiger partial charge in [-0.2, -0.15) is 0 Å². The van der Waals surface area contributed by atoms with Crippen molar-refractivity contribution >= 4 is 50.5 Å². The Labute approximate surface area is 221 Å². The number of carbonyl (C=O) groups excluding carboxylic acids is 1. The number of non-ortho nitro benzene ring substituents is 1. The van der Waals surface area contributed by atoms with E-state index in [9.17, 15) is 14.9 Å². The molecule has 0 spiro atoms. The fourth-order valence-electron chi connectivity index (χ4n) is 4.42. The number of carbonyl (C=O) groups is 1. The van der Waals surface area contributed by atoms with Crippen molar-refractivity contribution in [1.29, 1.82) is 0 Å². The van der Waals surface area contributed by atoms with E-state index in [-0.39, 0.29) is 18.1 Å². The fourth-order valence-corrected chi connectivity index (χ4v) is 5.04. The highest BCUT2D eigenvalue weighted by Gasteiger charge is 2.27. The lowest BCUT2D eigenvalue weighted by atomic mass is 9.99. The number of anilines is 1. The topological polar surface area (TPSA) is 75.8 Å². The van der Waals surface area contributed by atoms with Crippen molar-refractivity contribution in [1.82, 2.24) is 0 Å². The van der Waals surface area contributed by atoms with Gasteiger partial charge in [-0.1, -0.05) is 97.1 Å². The quantitative estimate of drug-likeness (QED) is 0.102. The highest BCUT2D eigenvalue weighted by molar-refractivity contribution is 9.09. The zero-order valence-electron chi connectivity index (χ0n) is 20.1. The van der Waals surface area contributed by atoms with Gasteiger partial charge in [0.25, 0.3) is 5.69 Å². The molecule has 0 radical (unpaired) electrons. The number of unbranched alkanes of at least 4 members (excludes halogenated alkanes) is 9. The van der Waals surface area contributed by atoms with Crippen LogP contribution in [0.5, 0.6) is 0 Å². The second-order valence-electron chi connectivity index (χ2n) is 8.87. The van der Waals surface area contributed by atoms with E-state index in [1.165, 1.54) is 57.1 Å². The molecule has 0 aliphatic carbocycles. The molecule has 3 rings (SSSR count). The predicted octanol–water partition coefficient (Wildman–Crippen LogP) is 7.73. The molecule has 0 unspecified atom stereocenters. The largest absolute Gasteiger partial charge is 0.310 e. The van der Waals surface area contributed by atoms with E-state index >= 15 is 0 Å². The van der Waals surface area contributed by atoms with Crippen molar-refractivity contribution in [3.05, 3.63) is 68.7 Å². The van der Waals surface area contributed by atoms with Crippen molar-refractivity contribution in [2.45, 2.75) is 64.2 Å². The second-order valence-corrected chi connectivity index (χ2v) is 10.1. The molecule has 1 amide bonds. The van der Waals surface area contributed by atoms with Crippen LogP contribution in [0.2, 0.25) is 5.02 Å². The van der Waals surface area contributed by atoms with Crippen molar-refractivity contribution in [3.63, 3.8) is 0 Å². The number of alkyl halides is 1. The van der Waals surface area contributed by atoms with Gasteiger partial charge >= 0.3 is 0 Å². The van der Waals surface area contributed by atoms with Crippen LogP contribution in [-0.4, -0.2) is 35.0 Å². The molecule has 8 heteroatoms. The highest BCUT2D eigenvalue weighted by Crippen LogP contribution is 2.32. The molecule has 0 N–H and O–H groups in total. The summed E-state index contributed by atoms with van der Waals surface area (Å²) in [4.78, 5) is 30.3. The van der Waals surface area contributed by atoms with Crippen LogP contribution >= 0.6 is 27.5 Å². The average Bonchev–Trinajstić information content (AvgIpc) is 2.98. The normalized spacial score (nSPS) is 13.4. The summed E-state index contributed by atoms with van der Waals surface area (Å²) < 4.78 is 0. The lowest BCUT2D eigenvalue weighted by Gasteiger charge is -2.23. The summed E-state index contributed by atoms with van der Waals surface area (Å²) in [5, 5.41) is 13.1. The molecule has 6 nitrogen and oxygen atoms in total. The first-order chi connectivity index (χ1) is 17.0. The van der Waals surface area contributed by atoms with Gasteiger partial charge in [0.15, 0.2) is 0 Å². The van der Waals surface area contributed by atoms with Gasteiger partial charge in [-0.15, -0.1) is 0 Å². The number of nitro benzene ring substituents is 1. The maximum absolute atomic E-state index is 13.0. The maximum atomic E-state index is 13.0. The molecule has 0 bridgehead atoms. The Morgan fingerprint density at radius 3 is 2.17 bits per heavy atom. The molecule has 2 aromatic rings. The third-order valence-electron chi connectivity index (χ3n) is 6.30. The number of fused-ring (bicyclic) bond motifs is 1. The SMILES string of the molecule is O=C1CN=C(c2ccccc2Cl)c2cc([N+](=O)[O-])ccc2N1CCCCCCCCCCCCBr. The molecule has 0 saturated heterocycles. The van der Waals surface area contributed by atoms with Gasteiger partial charge in [0.1, 0.15) is 6.54 Å². The molecule has 1 heterocycles. The number of hydrogen-bond acceptors (Lipinski definition) is 4. The summed E-state index contributed by atoms with van der Waals surface area (Å²) >= 11 is 9.90. The van der Waals surface area contributed by atoms with Crippen LogP contribution in [0, 0.1) is 10.1 Å². The summed E-state index contributed by atoms with van der Waals surface area (Å²) in [5.74, 6) is -0.106. The number of benzodiazepines with no additional fused rings is 1. The number of rotatable bonds is 14. The zero-order valence-corrected chi connectivity index (χ0v) is 22.4. The zero-order chi connectivity index (χ0) is 25.0. The molecule has 1 aliphatic rings. The van der Waals surface area contributed by atoms with E-state index in [4.69, 9.17) is 11.6 Å². The van der Waals surface area contributed by atoms with E-state index in [0.29, 0.717) is 34.1 Å². The molecule has 188 valence electrons. The first kappa shape index (κ1) is 27.3. The second kappa shape index (κ2) is 14.3. The van der Waals surface area contributed by atoms with E-state index in [1.54, 1.807) is 17.0 Å². The molecule has 1 aliphatic heterocycles. The fraction of sp³-hybridized carbons (Fsp3) is 0.481. The third kappa shape index (κ3) is 7.87. The van der Waals surface area contributed by atoms with Crippen LogP contribution < -0.4 is 4.90 Å². The Bertz CT molecular complexity index is 1040. The lowest BCUT2D eigenvalue weighted by Crippen LogP contribution is -2.33. The molecule has 0 atom stereocenters. The number of amides is 1. The Morgan fingerprint density at radius 1 is 0.914 bits per heavy atom. The van der Waals surface area contributed by atoms with Gasteiger partial charge in [-0.25, -0.2) is 0 Å². The minimum Gasteiger partial charge on any atom is -0.310 e. The molecular formula is C27H33BrClN3O3. The number of benzene rings is 2. The van der Waals surface area contributed by atoms with Crippen molar-refractivity contribution in [2.24, 2.45) is 4.99 Å². The van der Waals surface area contributed by atoms with Crippen molar-refractivity contribution in [3.8, 4) is 0 Å². The monoisotopic (exact) mass is 561 g/mol. The molecule has 0 saturated carbocycles. The minimum atomic E-state index is -0.427. The summed E-state index contributed by atoms with van der Waals surface area (Å²) in [6.07, 6.45) is 12.1. The van der Waals surface area contributed by atoms with Gasteiger partial charge in [-0.3, -0.25) is 19.9 Å². The molecule has 35 heavy (non-hydrogen) atoms. The van der Waals surface area contributed by atoms with Crippen molar-refractivity contribution < 1.29 is 9.72 Å². The standard InChI is InChI=1S/C27H33BrClN3O3/c28-17-11-7-5-3-1-2-4-6-8-12-18-31-25-16-15-21(32(34)35)19-23(25)27(30-20-26(31)33)22-13-9-10-14-24(22)29/h9-10,13-16,19H,1-8,11-12,17-18,20H2. The van der Waals surface area contributed by atoms with Crippen LogP contribution in [0.1, 0.15) is 75.3 Å². The van der Waals surface area contributed by atoms with E-state index in [0.717, 1.165) is 24.6 Å². The van der Waals surface area contributed by atoms with Crippen LogP contribution in [0.3, 0.4) is 0 Å². The van der Waals surface area contributed by atoms with Crippen LogP contribution in [0.25, 0.3) is 0 Å². The highest BCUT2D eigenvalue weighted by atomic mass is 79.9. The molecule has 0 aromatic heterocycles. The first-order valence-corrected chi connectivity index (χ1v) is 14.0. The molecule has 2 aromatic carbocycles. The summed E-state index contributed by atoms with van der Waals surface area (Å²) in [5.41, 5.74) is 2.36. The summed E-state index contributed by atoms with van der Waals surface area (Å²) in [6, 6.07) is 11.9. The Balaban J connectivity index is 1.64. The number of hydrogen-bond donors (Lipinski definition) is 0. The first-order valence-electron chi connectivity index (χ1n) is 12.5. The van der Waals surface area contributed by atoms with Gasteiger partial charge in [0, 0.05) is 40.2 Å². The number of aliphatic imine (C=N–C) groups is 1. The van der Waals surface area contributed by atoms with Crippen LogP contribution in [-0.2, 0) is 4.79 Å². The van der Waals surface area contributed by atoms with Crippen LogP contribution in [0.4, 0.5) is 11.4 Å². The Kier molecular flexibility index (Phi) is 11.2. The summed E-state index contributed by atoms with van der Waals surface area (Å²) in [7, 11) is 0. The van der Waals surface area contributed by atoms with Gasteiger partial charge < -0.3 is 4.90 Å². The van der Waals surface area contributed by atoms with Gasteiger partial charge in [-0.05, 0) is 25.0 Å². The minimum absolute atomic E-state index is 0.0158.